The zero-order chi connectivity index (χ0) is 13.1. The zero-order valence-corrected chi connectivity index (χ0v) is 11.6. The molecule has 0 saturated carbocycles. The highest BCUT2D eigenvalue weighted by Gasteiger charge is 2.23. The predicted molar refractivity (Wildman–Crippen MR) is 75.8 cm³/mol. The molecule has 100 valence electrons. The molecule has 1 aliphatic rings. The normalized spacial score (nSPS) is 22.1. The standard InChI is InChI=1S/C14H24N4/c1-11(15)13-7-4-8-16-14(13)18(3)10-12-6-5-9-17(12)2/h4,7-8,11-12H,5-6,9-10,15H2,1-3H3/t11-,12?/m1/s1. The van der Waals surface area contributed by atoms with E-state index in [1.54, 1.807) is 0 Å². The van der Waals surface area contributed by atoms with Crippen molar-refractivity contribution < 1.29 is 0 Å². The summed E-state index contributed by atoms with van der Waals surface area (Å²) >= 11 is 0. The fraction of sp³-hybridized carbons (Fsp3) is 0.643. The van der Waals surface area contributed by atoms with Gasteiger partial charge >= 0.3 is 0 Å². The van der Waals surface area contributed by atoms with Crippen molar-refractivity contribution in [1.29, 1.82) is 0 Å². The summed E-state index contributed by atoms with van der Waals surface area (Å²) in [4.78, 5) is 9.17. The Morgan fingerprint density at radius 3 is 3.00 bits per heavy atom. The number of rotatable bonds is 4. The number of pyridine rings is 1. The van der Waals surface area contributed by atoms with Crippen LogP contribution in [0.15, 0.2) is 18.3 Å². The van der Waals surface area contributed by atoms with Gasteiger partial charge in [0.05, 0.1) is 0 Å². The van der Waals surface area contributed by atoms with Crippen LogP contribution in [0.25, 0.3) is 0 Å². The molecule has 1 saturated heterocycles. The summed E-state index contributed by atoms with van der Waals surface area (Å²) in [7, 11) is 4.32. The van der Waals surface area contributed by atoms with Crippen molar-refractivity contribution in [3.63, 3.8) is 0 Å². The highest BCUT2D eigenvalue weighted by molar-refractivity contribution is 5.47. The molecule has 0 amide bonds. The number of likely N-dealkylation sites (N-methyl/N-ethyl adjacent to an activating group) is 2. The SMILES string of the molecule is C[C@@H](N)c1cccnc1N(C)CC1CCCN1C. The summed E-state index contributed by atoms with van der Waals surface area (Å²) in [5.74, 6) is 1.02. The summed E-state index contributed by atoms with van der Waals surface area (Å²) in [6.07, 6.45) is 4.43. The van der Waals surface area contributed by atoms with Crippen molar-refractivity contribution in [3.05, 3.63) is 23.9 Å². The van der Waals surface area contributed by atoms with Crippen LogP contribution in [0.5, 0.6) is 0 Å². The number of hydrogen-bond acceptors (Lipinski definition) is 4. The highest BCUT2D eigenvalue weighted by atomic mass is 15.2. The van der Waals surface area contributed by atoms with E-state index in [-0.39, 0.29) is 6.04 Å². The lowest BCUT2D eigenvalue weighted by atomic mass is 10.1. The average Bonchev–Trinajstić information content (AvgIpc) is 2.75. The lowest BCUT2D eigenvalue weighted by Gasteiger charge is -2.28. The van der Waals surface area contributed by atoms with Crippen LogP contribution in [0.2, 0.25) is 0 Å². The third kappa shape index (κ3) is 2.82. The van der Waals surface area contributed by atoms with Gasteiger partial charge in [-0.1, -0.05) is 6.07 Å². The maximum Gasteiger partial charge on any atom is 0.133 e. The van der Waals surface area contributed by atoms with Crippen LogP contribution in [-0.4, -0.2) is 43.1 Å². The molecule has 0 spiro atoms. The molecule has 1 aliphatic heterocycles. The van der Waals surface area contributed by atoms with Gasteiger partial charge in [0, 0.05) is 37.4 Å². The number of hydrogen-bond donors (Lipinski definition) is 1. The first kappa shape index (κ1) is 13.3. The van der Waals surface area contributed by atoms with Crippen LogP contribution in [0.4, 0.5) is 5.82 Å². The van der Waals surface area contributed by atoms with Crippen LogP contribution in [-0.2, 0) is 0 Å². The number of nitrogens with zero attached hydrogens (tertiary/aromatic N) is 3. The molecule has 1 fully saturated rings. The van der Waals surface area contributed by atoms with E-state index in [2.05, 4.69) is 34.9 Å². The van der Waals surface area contributed by atoms with Gasteiger partial charge in [-0.05, 0) is 39.4 Å². The van der Waals surface area contributed by atoms with Crippen molar-refractivity contribution in [1.82, 2.24) is 9.88 Å². The molecule has 4 heteroatoms. The van der Waals surface area contributed by atoms with Gasteiger partial charge < -0.3 is 15.5 Å². The third-order valence-electron chi connectivity index (χ3n) is 3.83. The van der Waals surface area contributed by atoms with Gasteiger partial charge in [0.2, 0.25) is 0 Å². The molecule has 0 bridgehead atoms. The molecule has 0 aliphatic carbocycles. The van der Waals surface area contributed by atoms with E-state index in [4.69, 9.17) is 5.73 Å². The van der Waals surface area contributed by atoms with Crippen LogP contribution in [0.1, 0.15) is 31.4 Å². The summed E-state index contributed by atoms with van der Waals surface area (Å²) in [6, 6.07) is 4.69. The third-order valence-corrected chi connectivity index (χ3v) is 3.83. The van der Waals surface area contributed by atoms with Gasteiger partial charge in [0.25, 0.3) is 0 Å². The summed E-state index contributed by atoms with van der Waals surface area (Å²) in [5, 5.41) is 0. The first-order chi connectivity index (χ1) is 8.59. The molecule has 18 heavy (non-hydrogen) atoms. The molecule has 1 aromatic rings. The molecule has 2 N–H and O–H groups in total. The minimum Gasteiger partial charge on any atom is -0.358 e. The second-order valence-electron chi connectivity index (χ2n) is 5.36. The van der Waals surface area contributed by atoms with Crippen LogP contribution < -0.4 is 10.6 Å². The number of aromatic nitrogens is 1. The Balaban J connectivity index is 2.10. The summed E-state index contributed by atoms with van der Waals surface area (Å²) in [5.41, 5.74) is 7.14. The molecule has 2 atom stereocenters. The van der Waals surface area contributed by atoms with Gasteiger partial charge in [-0.25, -0.2) is 4.98 Å². The first-order valence-electron chi connectivity index (χ1n) is 6.71. The van der Waals surface area contributed by atoms with Crippen molar-refractivity contribution in [3.8, 4) is 0 Å². The number of anilines is 1. The van der Waals surface area contributed by atoms with Crippen molar-refractivity contribution in [2.75, 3.05) is 32.1 Å². The predicted octanol–water partition coefficient (Wildman–Crippen LogP) is 1.63. The molecular formula is C14H24N4. The maximum atomic E-state index is 6.01. The fourth-order valence-electron chi connectivity index (χ4n) is 2.70. The van der Waals surface area contributed by atoms with Crippen LogP contribution in [0, 0.1) is 0 Å². The highest BCUT2D eigenvalue weighted by Crippen LogP contribution is 2.23. The Kier molecular flexibility index (Phi) is 4.19. The van der Waals surface area contributed by atoms with Gasteiger partial charge in [-0.3, -0.25) is 0 Å². The number of likely N-dealkylation sites (tertiary alicyclic amines) is 1. The van der Waals surface area contributed by atoms with Crippen molar-refractivity contribution >= 4 is 5.82 Å². The van der Waals surface area contributed by atoms with E-state index in [1.807, 2.05) is 19.2 Å². The Morgan fingerprint density at radius 1 is 1.61 bits per heavy atom. The molecular weight excluding hydrogens is 224 g/mol. The van der Waals surface area contributed by atoms with Crippen LogP contribution >= 0.6 is 0 Å². The molecule has 2 heterocycles. The van der Waals surface area contributed by atoms with Gasteiger partial charge in [-0.15, -0.1) is 0 Å². The molecule has 1 aromatic heterocycles. The van der Waals surface area contributed by atoms with Gasteiger partial charge in [-0.2, -0.15) is 0 Å². The topological polar surface area (TPSA) is 45.4 Å². The Bertz CT molecular complexity index is 391. The lowest BCUT2D eigenvalue weighted by molar-refractivity contribution is 0.314. The molecule has 2 rings (SSSR count). The van der Waals surface area contributed by atoms with Gasteiger partial charge in [0.15, 0.2) is 0 Å². The zero-order valence-electron chi connectivity index (χ0n) is 11.6. The Hall–Kier alpha value is -1.13. The average molecular weight is 248 g/mol. The molecule has 1 unspecified atom stereocenters. The second-order valence-corrected chi connectivity index (χ2v) is 5.36. The summed E-state index contributed by atoms with van der Waals surface area (Å²) < 4.78 is 0. The largest absolute Gasteiger partial charge is 0.358 e. The minimum atomic E-state index is 0.0254. The smallest absolute Gasteiger partial charge is 0.133 e. The monoisotopic (exact) mass is 248 g/mol. The fourth-order valence-corrected chi connectivity index (χ4v) is 2.70. The maximum absolute atomic E-state index is 6.01. The van der Waals surface area contributed by atoms with Crippen molar-refractivity contribution in [2.24, 2.45) is 5.73 Å². The Morgan fingerprint density at radius 2 is 2.39 bits per heavy atom. The van der Waals surface area contributed by atoms with Gasteiger partial charge in [0.1, 0.15) is 5.82 Å². The lowest BCUT2D eigenvalue weighted by Crippen LogP contribution is -2.37. The Labute approximate surface area is 110 Å². The quantitative estimate of drug-likeness (QED) is 0.879. The summed E-state index contributed by atoms with van der Waals surface area (Å²) in [6.45, 7) is 4.24. The minimum absolute atomic E-state index is 0.0254. The molecule has 0 radical (unpaired) electrons. The first-order valence-corrected chi connectivity index (χ1v) is 6.71. The van der Waals surface area contributed by atoms with E-state index in [9.17, 15) is 0 Å². The van der Waals surface area contributed by atoms with Crippen molar-refractivity contribution in [2.45, 2.75) is 31.8 Å². The van der Waals surface area contributed by atoms with E-state index in [0.717, 1.165) is 17.9 Å². The molecule has 4 nitrogen and oxygen atoms in total. The van der Waals surface area contributed by atoms with E-state index in [1.165, 1.54) is 19.4 Å². The molecule has 0 aromatic carbocycles. The van der Waals surface area contributed by atoms with E-state index < -0.39 is 0 Å². The van der Waals surface area contributed by atoms with E-state index in [0.29, 0.717) is 6.04 Å². The van der Waals surface area contributed by atoms with E-state index >= 15 is 0 Å². The van der Waals surface area contributed by atoms with Crippen LogP contribution in [0.3, 0.4) is 0 Å². The number of nitrogens with two attached hydrogens (primary N) is 1. The second kappa shape index (κ2) is 5.67.